The average molecular weight is 268 g/mol. The summed E-state index contributed by atoms with van der Waals surface area (Å²) < 4.78 is 63.0. The summed E-state index contributed by atoms with van der Waals surface area (Å²) >= 11 is 0. The van der Waals surface area contributed by atoms with Crippen LogP contribution in [0.4, 0.5) is 13.2 Å². The molecule has 0 aliphatic carbocycles. The highest BCUT2D eigenvalue weighted by Gasteiger charge is 2.37. The maximum atomic E-state index is 12.6. The summed E-state index contributed by atoms with van der Waals surface area (Å²) in [7, 11) is -4.17. The van der Waals surface area contributed by atoms with Crippen LogP contribution in [-0.2, 0) is 16.2 Å². The van der Waals surface area contributed by atoms with Gasteiger partial charge in [0.15, 0.2) is 0 Å². The molecular formula is C9H11F3N2O2S. The second-order valence-corrected chi connectivity index (χ2v) is 5.00. The first-order valence-corrected chi connectivity index (χ1v) is 6.28. The van der Waals surface area contributed by atoms with E-state index in [1.54, 1.807) is 6.92 Å². The van der Waals surface area contributed by atoms with E-state index in [0.717, 1.165) is 6.20 Å². The molecular weight excluding hydrogens is 257 g/mol. The quantitative estimate of drug-likeness (QED) is 0.905. The first-order valence-electron chi connectivity index (χ1n) is 4.80. The molecule has 0 saturated carbocycles. The van der Waals surface area contributed by atoms with E-state index in [9.17, 15) is 21.6 Å². The average Bonchev–Trinajstić information content (AvgIpc) is 2.25. The number of nitrogens with zero attached hydrogens (tertiary/aromatic N) is 1. The van der Waals surface area contributed by atoms with Crippen LogP contribution in [0, 0.1) is 0 Å². The van der Waals surface area contributed by atoms with Crippen molar-refractivity contribution in [1.82, 2.24) is 9.71 Å². The third-order valence-electron chi connectivity index (χ3n) is 1.92. The topological polar surface area (TPSA) is 59.1 Å². The van der Waals surface area contributed by atoms with E-state index < -0.39 is 26.7 Å². The van der Waals surface area contributed by atoms with E-state index >= 15 is 0 Å². The standard InChI is InChI=1S/C9H11F3N2O2S/c1-2-4-14-17(15,16)8-6-13-5-3-7(8)9(10,11)12/h3,5-6,14H,2,4H2,1H3. The van der Waals surface area contributed by atoms with Gasteiger partial charge in [-0.05, 0) is 12.5 Å². The van der Waals surface area contributed by atoms with Gasteiger partial charge in [0, 0.05) is 18.9 Å². The van der Waals surface area contributed by atoms with Crippen molar-refractivity contribution >= 4 is 10.0 Å². The van der Waals surface area contributed by atoms with E-state index in [1.165, 1.54) is 0 Å². The molecule has 17 heavy (non-hydrogen) atoms. The van der Waals surface area contributed by atoms with Gasteiger partial charge in [-0.15, -0.1) is 0 Å². The second kappa shape index (κ2) is 5.01. The maximum absolute atomic E-state index is 12.6. The van der Waals surface area contributed by atoms with Crippen molar-refractivity contribution in [3.63, 3.8) is 0 Å². The lowest BCUT2D eigenvalue weighted by Crippen LogP contribution is -2.27. The lowest BCUT2D eigenvalue weighted by Gasteiger charge is -2.12. The van der Waals surface area contributed by atoms with Gasteiger partial charge in [0.05, 0.1) is 5.56 Å². The molecule has 0 amide bonds. The summed E-state index contributed by atoms with van der Waals surface area (Å²) in [6, 6.07) is 0.639. The van der Waals surface area contributed by atoms with E-state index in [-0.39, 0.29) is 6.54 Å². The Balaban J connectivity index is 3.23. The molecule has 1 rings (SSSR count). The van der Waals surface area contributed by atoms with Crippen LogP contribution < -0.4 is 4.72 Å². The zero-order valence-electron chi connectivity index (χ0n) is 8.95. The van der Waals surface area contributed by atoms with Crippen LogP contribution in [0.1, 0.15) is 18.9 Å². The zero-order valence-corrected chi connectivity index (χ0v) is 9.77. The number of alkyl halides is 3. The SMILES string of the molecule is CCCNS(=O)(=O)c1cnccc1C(F)(F)F. The second-order valence-electron chi connectivity index (χ2n) is 3.27. The van der Waals surface area contributed by atoms with Crippen molar-refractivity contribution in [3.05, 3.63) is 24.0 Å². The molecule has 8 heteroatoms. The van der Waals surface area contributed by atoms with E-state index in [0.29, 0.717) is 18.7 Å². The first-order chi connectivity index (χ1) is 7.79. The molecule has 0 unspecified atom stereocenters. The Bertz CT molecular complexity index is 485. The fourth-order valence-electron chi connectivity index (χ4n) is 1.14. The Labute approximate surface area is 96.9 Å². The van der Waals surface area contributed by atoms with Crippen LogP contribution in [0.5, 0.6) is 0 Å². The summed E-state index contributed by atoms with van der Waals surface area (Å²) in [6.07, 6.45) is -2.64. The number of aromatic nitrogens is 1. The molecule has 1 aromatic heterocycles. The number of halogens is 3. The van der Waals surface area contributed by atoms with Gasteiger partial charge in [0.25, 0.3) is 0 Å². The van der Waals surface area contributed by atoms with Gasteiger partial charge in [0.2, 0.25) is 10.0 Å². The molecule has 0 aliphatic rings. The third kappa shape index (κ3) is 3.40. The molecule has 0 spiro atoms. The molecule has 0 saturated heterocycles. The van der Waals surface area contributed by atoms with Gasteiger partial charge in [-0.3, -0.25) is 4.98 Å². The monoisotopic (exact) mass is 268 g/mol. The number of hydrogen-bond donors (Lipinski definition) is 1. The van der Waals surface area contributed by atoms with Gasteiger partial charge in [-0.25, -0.2) is 13.1 Å². The van der Waals surface area contributed by atoms with Crippen molar-refractivity contribution in [2.45, 2.75) is 24.4 Å². The third-order valence-corrected chi connectivity index (χ3v) is 3.41. The minimum Gasteiger partial charge on any atom is -0.263 e. The molecule has 0 atom stereocenters. The smallest absolute Gasteiger partial charge is 0.263 e. The lowest BCUT2D eigenvalue weighted by atomic mass is 10.3. The van der Waals surface area contributed by atoms with Gasteiger partial charge in [0.1, 0.15) is 4.90 Å². The van der Waals surface area contributed by atoms with Gasteiger partial charge in [-0.2, -0.15) is 13.2 Å². The molecule has 1 aromatic rings. The van der Waals surface area contributed by atoms with Crippen molar-refractivity contribution < 1.29 is 21.6 Å². The van der Waals surface area contributed by atoms with E-state index in [1.807, 2.05) is 0 Å². The Morgan fingerprint density at radius 1 is 1.41 bits per heavy atom. The molecule has 4 nitrogen and oxygen atoms in total. The maximum Gasteiger partial charge on any atom is 0.417 e. The van der Waals surface area contributed by atoms with Crippen molar-refractivity contribution in [2.75, 3.05) is 6.54 Å². The van der Waals surface area contributed by atoms with Gasteiger partial charge < -0.3 is 0 Å². The van der Waals surface area contributed by atoms with Crippen LogP contribution in [0.25, 0.3) is 0 Å². The minimum absolute atomic E-state index is 0.0779. The summed E-state index contributed by atoms with van der Waals surface area (Å²) in [6.45, 7) is 1.78. The molecule has 1 heterocycles. The molecule has 0 bridgehead atoms. The van der Waals surface area contributed by atoms with Crippen LogP contribution >= 0.6 is 0 Å². The fraction of sp³-hybridized carbons (Fsp3) is 0.444. The van der Waals surface area contributed by atoms with Crippen molar-refractivity contribution in [2.24, 2.45) is 0 Å². The Morgan fingerprint density at radius 2 is 2.06 bits per heavy atom. The summed E-state index contributed by atoms with van der Waals surface area (Å²) in [4.78, 5) is 2.57. The van der Waals surface area contributed by atoms with Crippen molar-refractivity contribution in [1.29, 1.82) is 0 Å². The molecule has 0 fully saturated rings. The van der Waals surface area contributed by atoms with E-state index in [4.69, 9.17) is 0 Å². The number of sulfonamides is 1. The van der Waals surface area contributed by atoms with Gasteiger partial charge >= 0.3 is 6.18 Å². The Kier molecular flexibility index (Phi) is 4.10. The number of pyridine rings is 1. The largest absolute Gasteiger partial charge is 0.417 e. The van der Waals surface area contributed by atoms with Crippen LogP contribution in [0.15, 0.2) is 23.4 Å². The minimum atomic E-state index is -4.72. The molecule has 1 N–H and O–H groups in total. The predicted octanol–water partition coefficient (Wildman–Crippen LogP) is 1.79. The summed E-state index contributed by atoms with van der Waals surface area (Å²) in [5.74, 6) is 0. The Hall–Kier alpha value is -1.15. The zero-order chi connectivity index (χ0) is 13.1. The van der Waals surface area contributed by atoms with E-state index in [2.05, 4.69) is 9.71 Å². The van der Waals surface area contributed by atoms with Crippen LogP contribution in [-0.4, -0.2) is 19.9 Å². The number of hydrogen-bond acceptors (Lipinski definition) is 3. The summed E-state index contributed by atoms with van der Waals surface area (Å²) in [5.41, 5.74) is -1.21. The Morgan fingerprint density at radius 3 is 2.59 bits per heavy atom. The number of rotatable bonds is 4. The molecule has 0 radical (unpaired) electrons. The van der Waals surface area contributed by atoms with Crippen molar-refractivity contribution in [3.8, 4) is 0 Å². The van der Waals surface area contributed by atoms with Gasteiger partial charge in [-0.1, -0.05) is 6.92 Å². The lowest BCUT2D eigenvalue weighted by molar-refractivity contribution is -0.140. The highest BCUT2D eigenvalue weighted by atomic mass is 32.2. The summed E-state index contributed by atoms with van der Waals surface area (Å²) in [5, 5.41) is 0. The fourth-order valence-corrected chi connectivity index (χ4v) is 2.44. The first kappa shape index (κ1) is 13.9. The molecule has 96 valence electrons. The van der Waals surface area contributed by atoms with Crippen LogP contribution in [0.3, 0.4) is 0 Å². The predicted molar refractivity (Wildman–Crippen MR) is 54.7 cm³/mol. The highest BCUT2D eigenvalue weighted by molar-refractivity contribution is 7.89. The van der Waals surface area contributed by atoms with Crippen LogP contribution in [0.2, 0.25) is 0 Å². The number of nitrogens with one attached hydrogen (secondary N) is 1. The molecule has 0 aromatic carbocycles. The highest BCUT2D eigenvalue weighted by Crippen LogP contribution is 2.33. The molecule has 0 aliphatic heterocycles. The normalized spacial score (nSPS) is 12.7.